The van der Waals surface area contributed by atoms with Crippen molar-refractivity contribution in [3.63, 3.8) is 0 Å². The predicted octanol–water partition coefficient (Wildman–Crippen LogP) is 2.99. The van der Waals surface area contributed by atoms with Crippen molar-refractivity contribution in [1.82, 2.24) is 4.98 Å². The summed E-state index contributed by atoms with van der Waals surface area (Å²) in [5.41, 5.74) is 0.242. The Bertz CT molecular complexity index is 731. The van der Waals surface area contributed by atoms with E-state index in [-0.39, 0.29) is 33.8 Å². The van der Waals surface area contributed by atoms with Crippen LogP contribution in [0.5, 0.6) is 0 Å². The summed E-state index contributed by atoms with van der Waals surface area (Å²) in [6, 6.07) is 5.33. The number of nitrogens with one attached hydrogen (secondary N) is 1. The second-order valence-corrected chi connectivity index (χ2v) is 6.41. The van der Waals surface area contributed by atoms with Gasteiger partial charge >= 0.3 is 5.97 Å². The predicted molar refractivity (Wildman–Crippen MR) is 91.9 cm³/mol. The van der Waals surface area contributed by atoms with E-state index in [0.717, 1.165) is 11.3 Å². The lowest BCUT2D eigenvalue weighted by atomic mass is 10.2. The third-order valence-electron chi connectivity index (χ3n) is 2.83. The van der Waals surface area contributed by atoms with Gasteiger partial charge in [-0.3, -0.25) is 10.0 Å². The Morgan fingerprint density at radius 1 is 1.42 bits per heavy atom. The molecule has 1 heterocycles. The molecule has 0 saturated carbocycles. The fraction of sp³-hybridized carbons (Fsp3) is 0.214. The smallest absolute Gasteiger partial charge is 0.352 e. The summed E-state index contributed by atoms with van der Waals surface area (Å²) < 4.78 is 5.58. The number of esters is 1. The second kappa shape index (κ2) is 8.11. The van der Waals surface area contributed by atoms with Crippen LogP contribution in [0.25, 0.3) is 0 Å². The van der Waals surface area contributed by atoms with E-state index >= 15 is 0 Å². The van der Waals surface area contributed by atoms with Crippen molar-refractivity contribution >= 4 is 46.5 Å². The van der Waals surface area contributed by atoms with Crippen LogP contribution in [-0.4, -0.2) is 34.9 Å². The highest BCUT2D eigenvalue weighted by Gasteiger charge is 2.21. The van der Waals surface area contributed by atoms with E-state index in [1.165, 1.54) is 36.0 Å². The van der Waals surface area contributed by atoms with Crippen LogP contribution < -0.4 is 10.5 Å². The quantitative estimate of drug-likeness (QED) is 0.454. The number of nitrogens with zero attached hydrogens (tertiary/aromatic N) is 2. The molecule has 2 aromatic rings. The normalized spacial score (nSPS) is 10.3. The van der Waals surface area contributed by atoms with E-state index in [9.17, 15) is 14.8 Å². The molecule has 0 bridgehead atoms. The number of thioether (sulfide) groups is 1. The molecule has 0 spiro atoms. The summed E-state index contributed by atoms with van der Waals surface area (Å²) in [5, 5.41) is 21.8. The molecule has 24 heavy (non-hydrogen) atoms. The first-order chi connectivity index (χ1) is 11.5. The average molecular weight is 368 g/mol. The molecule has 8 nitrogen and oxygen atoms in total. The standard InChI is InChI=1S/C14H14N3O5S2/c1-3-22-13(19)10-11(16-14(23-2)24-10)15-12(18)8-4-6-9(7-5-8)17(20)21/h4-7,20H,3H2,1-2H3,(H,15,18)/q-1. The topological polar surface area (TPSA) is 115 Å². The summed E-state index contributed by atoms with van der Waals surface area (Å²) in [6.45, 7) is 1.90. The molecule has 0 saturated heterocycles. The molecule has 10 heteroatoms. The lowest BCUT2D eigenvalue weighted by molar-refractivity contribution is 0.0533. The summed E-state index contributed by atoms with van der Waals surface area (Å²) >= 11 is 2.48. The number of amides is 1. The number of aromatic nitrogens is 1. The third-order valence-corrected chi connectivity index (χ3v) is 4.85. The molecule has 0 atom stereocenters. The van der Waals surface area contributed by atoms with Crippen LogP contribution in [-0.2, 0) is 4.74 Å². The molecule has 0 aliphatic rings. The molecule has 0 unspecified atom stereocenters. The molecular formula is C14H14N3O5S2-. The van der Waals surface area contributed by atoms with Crippen LogP contribution in [0, 0.1) is 5.21 Å². The van der Waals surface area contributed by atoms with E-state index in [0.29, 0.717) is 4.34 Å². The molecule has 0 radical (unpaired) electrons. The van der Waals surface area contributed by atoms with Gasteiger partial charge < -0.3 is 20.5 Å². The van der Waals surface area contributed by atoms with Gasteiger partial charge in [0.05, 0.1) is 12.3 Å². The van der Waals surface area contributed by atoms with Gasteiger partial charge in [0, 0.05) is 5.56 Å². The molecule has 0 fully saturated rings. The highest BCUT2D eigenvalue weighted by atomic mass is 32.2. The van der Waals surface area contributed by atoms with Crippen molar-refractivity contribution in [2.24, 2.45) is 0 Å². The fourth-order valence-corrected chi connectivity index (χ4v) is 3.14. The molecule has 1 aromatic heterocycles. The van der Waals surface area contributed by atoms with Crippen molar-refractivity contribution < 1.29 is 19.5 Å². The number of benzene rings is 1. The Morgan fingerprint density at radius 3 is 2.62 bits per heavy atom. The van der Waals surface area contributed by atoms with Gasteiger partial charge in [0.15, 0.2) is 15.0 Å². The maximum Gasteiger partial charge on any atom is 0.352 e. The zero-order valence-corrected chi connectivity index (χ0v) is 14.4. The summed E-state index contributed by atoms with van der Waals surface area (Å²) in [6.07, 6.45) is 1.81. The molecule has 0 aliphatic heterocycles. The van der Waals surface area contributed by atoms with Gasteiger partial charge in [-0.2, -0.15) is 0 Å². The Morgan fingerprint density at radius 2 is 2.08 bits per heavy atom. The van der Waals surface area contributed by atoms with Gasteiger partial charge in [-0.05, 0) is 37.4 Å². The number of carbonyl (C=O) groups excluding carboxylic acids is 2. The van der Waals surface area contributed by atoms with E-state index in [1.807, 2.05) is 6.26 Å². The lowest BCUT2D eigenvalue weighted by Gasteiger charge is -2.21. The monoisotopic (exact) mass is 368 g/mol. The number of rotatable bonds is 6. The van der Waals surface area contributed by atoms with Crippen LogP contribution in [0.2, 0.25) is 0 Å². The number of ether oxygens (including phenoxy) is 1. The van der Waals surface area contributed by atoms with Crippen LogP contribution in [0.15, 0.2) is 28.6 Å². The third kappa shape index (κ3) is 4.23. The number of hydrogen-bond donors (Lipinski definition) is 2. The summed E-state index contributed by atoms with van der Waals surface area (Å²) in [7, 11) is 0. The van der Waals surface area contributed by atoms with Crippen molar-refractivity contribution in [2.45, 2.75) is 11.3 Å². The fourth-order valence-electron chi connectivity index (χ4n) is 1.73. The highest BCUT2D eigenvalue weighted by Crippen LogP contribution is 2.30. The minimum atomic E-state index is -0.553. The van der Waals surface area contributed by atoms with E-state index < -0.39 is 11.9 Å². The molecule has 2 N–H and O–H groups in total. The van der Waals surface area contributed by atoms with Crippen molar-refractivity contribution in [1.29, 1.82) is 0 Å². The van der Waals surface area contributed by atoms with E-state index in [4.69, 9.17) is 9.94 Å². The van der Waals surface area contributed by atoms with Crippen LogP contribution in [0.1, 0.15) is 27.0 Å². The minimum Gasteiger partial charge on any atom is -0.733 e. The number of anilines is 2. The molecule has 128 valence electrons. The van der Waals surface area contributed by atoms with Gasteiger partial charge in [-0.15, -0.1) is 0 Å². The molecule has 0 aliphatic carbocycles. The number of hydrogen-bond acceptors (Lipinski definition) is 9. The first kappa shape index (κ1) is 18.2. The maximum absolute atomic E-state index is 12.3. The highest BCUT2D eigenvalue weighted by molar-refractivity contribution is 8.00. The Labute approximate surface area is 146 Å². The van der Waals surface area contributed by atoms with E-state index in [2.05, 4.69) is 10.3 Å². The molecule has 1 aromatic carbocycles. The second-order valence-electron chi connectivity index (χ2n) is 4.36. The Hall–Kier alpha value is -2.14. The van der Waals surface area contributed by atoms with Crippen molar-refractivity contribution in [2.75, 3.05) is 23.4 Å². The zero-order chi connectivity index (χ0) is 17.7. The van der Waals surface area contributed by atoms with Crippen LogP contribution in [0.3, 0.4) is 0 Å². The van der Waals surface area contributed by atoms with Crippen molar-refractivity contribution in [3.8, 4) is 0 Å². The molecular weight excluding hydrogens is 354 g/mol. The van der Waals surface area contributed by atoms with Gasteiger partial charge in [-0.1, -0.05) is 23.1 Å². The Balaban J connectivity index is 2.21. The van der Waals surface area contributed by atoms with Crippen LogP contribution >= 0.6 is 23.1 Å². The summed E-state index contributed by atoms with van der Waals surface area (Å²) in [4.78, 5) is 28.6. The number of carbonyl (C=O) groups is 2. The average Bonchev–Trinajstić information content (AvgIpc) is 2.98. The first-order valence-electron chi connectivity index (χ1n) is 6.75. The lowest BCUT2D eigenvalue weighted by Crippen LogP contribution is -2.15. The van der Waals surface area contributed by atoms with Crippen molar-refractivity contribution in [3.05, 3.63) is 39.9 Å². The largest absolute Gasteiger partial charge is 0.733 e. The number of thiazole rings is 1. The first-order valence-corrected chi connectivity index (χ1v) is 8.79. The zero-order valence-electron chi connectivity index (χ0n) is 12.8. The van der Waals surface area contributed by atoms with Gasteiger partial charge in [0.25, 0.3) is 5.91 Å². The maximum atomic E-state index is 12.3. The molecule has 1 amide bonds. The molecule has 2 rings (SSSR count). The minimum absolute atomic E-state index is 0.00269. The SMILES string of the molecule is CCOC(=O)c1sc(SC)nc1NC(=O)c1ccc(N([O-])O)cc1. The Kier molecular flexibility index (Phi) is 6.15. The van der Waals surface area contributed by atoms with Gasteiger partial charge in [-0.25, -0.2) is 9.78 Å². The van der Waals surface area contributed by atoms with Crippen LogP contribution in [0.4, 0.5) is 11.5 Å². The van der Waals surface area contributed by atoms with Gasteiger partial charge in [0.1, 0.15) is 0 Å². The summed E-state index contributed by atoms with van der Waals surface area (Å²) in [5.74, 6) is -0.923. The van der Waals surface area contributed by atoms with E-state index in [1.54, 1.807) is 6.92 Å². The van der Waals surface area contributed by atoms with Gasteiger partial charge in [0.2, 0.25) is 0 Å².